The molecule has 1 N–H and O–H groups in total. The first kappa shape index (κ1) is 16.9. The number of nitrogens with zero attached hydrogens (tertiary/aromatic N) is 1. The van der Waals surface area contributed by atoms with E-state index in [-0.39, 0.29) is 0 Å². The predicted octanol–water partition coefficient (Wildman–Crippen LogP) is 0.742. The average molecular weight is 274 g/mol. The van der Waals surface area contributed by atoms with E-state index in [1.807, 2.05) is 0 Å². The molecule has 5 heteroatoms. The van der Waals surface area contributed by atoms with E-state index in [1.54, 1.807) is 0 Å². The monoisotopic (exact) mass is 274 g/mol. The molecule has 1 aliphatic heterocycles. The molecule has 1 rings (SSSR count). The highest BCUT2D eigenvalue weighted by molar-refractivity contribution is 4.66. The summed E-state index contributed by atoms with van der Waals surface area (Å²) < 4.78 is 16.4. The molecular weight excluding hydrogens is 244 g/mol. The summed E-state index contributed by atoms with van der Waals surface area (Å²) in [4.78, 5) is 2.43. The Morgan fingerprint density at radius 3 is 2.05 bits per heavy atom. The quantitative estimate of drug-likeness (QED) is 0.532. The molecule has 0 aromatic carbocycles. The van der Waals surface area contributed by atoms with Gasteiger partial charge in [-0.15, -0.1) is 0 Å². The summed E-state index contributed by atoms with van der Waals surface area (Å²) >= 11 is 0. The molecule has 5 nitrogen and oxygen atoms in total. The summed E-state index contributed by atoms with van der Waals surface area (Å²) in [5.74, 6) is 0. The van der Waals surface area contributed by atoms with Gasteiger partial charge in [0, 0.05) is 39.3 Å². The highest BCUT2D eigenvalue weighted by Crippen LogP contribution is 1.92. The highest BCUT2D eigenvalue weighted by Gasteiger charge is 2.08. The first-order valence-corrected chi connectivity index (χ1v) is 7.59. The molecule has 0 aliphatic carbocycles. The van der Waals surface area contributed by atoms with Crippen molar-refractivity contribution in [3.8, 4) is 0 Å². The zero-order chi connectivity index (χ0) is 13.6. The van der Waals surface area contributed by atoms with Crippen molar-refractivity contribution in [3.05, 3.63) is 0 Å². The first-order valence-electron chi connectivity index (χ1n) is 7.59. The second-order valence-electron chi connectivity index (χ2n) is 4.78. The lowest BCUT2D eigenvalue weighted by molar-refractivity contribution is 0.00970. The Kier molecular flexibility index (Phi) is 11.4. The van der Waals surface area contributed by atoms with Gasteiger partial charge in [-0.25, -0.2) is 0 Å². The molecule has 0 aromatic rings. The van der Waals surface area contributed by atoms with Gasteiger partial charge >= 0.3 is 0 Å². The summed E-state index contributed by atoms with van der Waals surface area (Å²) in [5.41, 5.74) is 0. The third kappa shape index (κ3) is 10.3. The van der Waals surface area contributed by atoms with Crippen LogP contribution in [0.2, 0.25) is 0 Å². The van der Waals surface area contributed by atoms with Crippen LogP contribution in [0.15, 0.2) is 0 Å². The van der Waals surface area contributed by atoms with E-state index in [4.69, 9.17) is 14.2 Å². The summed E-state index contributed by atoms with van der Waals surface area (Å²) in [6.45, 7) is 12.0. The van der Waals surface area contributed by atoms with Crippen molar-refractivity contribution in [2.24, 2.45) is 0 Å². The fourth-order valence-electron chi connectivity index (χ4n) is 1.92. The summed E-state index contributed by atoms with van der Waals surface area (Å²) in [6, 6.07) is 0. The third-order valence-electron chi connectivity index (χ3n) is 3.15. The van der Waals surface area contributed by atoms with Crippen LogP contribution in [0, 0.1) is 0 Å². The first-order chi connectivity index (χ1) is 9.43. The number of unbranched alkanes of at least 4 members (excludes halogenated alkanes) is 1. The number of piperazine rings is 1. The molecule has 0 saturated carbocycles. The summed E-state index contributed by atoms with van der Waals surface area (Å²) in [7, 11) is 0. The topological polar surface area (TPSA) is 43.0 Å². The van der Waals surface area contributed by atoms with Crippen LogP contribution < -0.4 is 5.32 Å². The van der Waals surface area contributed by atoms with Gasteiger partial charge in [-0.3, -0.25) is 4.90 Å². The molecule has 114 valence electrons. The van der Waals surface area contributed by atoms with Crippen molar-refractivity contribution in [3.63, 3.8) is 0 Å². The van der Waals surface area contributed by atoms with Crippen molar-refractivity contribution in [2.45, 2.75) is 19.8 Å². The summed E-state index contributed by atoms with van der Waals surface area (Å²) in [6.07, 6.45) is 2.32. The third-order valence-corrected chi connectivity index (χ3v) is 3.15. The molecule has 1 saturated heterocycles. The van der Waals surface area contributed by atoms with Crippen LogP contribution in [-0.2, 0) is 14.2 Å². The molecule has 0 amide bonds. The minimum atomic E-state index is 0.665. The SMILES string of the molecule is CCCCOCCOCCOCCN1CCNCC1. The molecule has 0 spiro atoms. The van der Waals surface area contributed by atoms with Crippen LogP contribution in [0.4, 0.5) is 0 Å². The van der Waals surface area contributed by atoms with Gasteiger partial charge in [0.15, 0.2) is 0 Å². The van der Waals surface area contributed by atoms with Crippen molar-refractivity contribution in [1.29, 1.82) is 0 Å². The maximum absolute atomic E-state index is 5.55. The van der Waals surface area contributed by atoms with Gasteiger partial charge in [0.05, 0.1) is 33.0 Å². The van der Waals surface area contributed by atoms with Crippen molar-refractivity contribution >= 4 is 0 Å². The zero-order valence-electron chi connectivity index (χ0n) is 12.4. The van der Waals surface area contributed by atoms with Crippen LogP contribution in [0.1, 0.15) is 19.8 Å². The minimum absolute atomic E-state index is 0.665. The van der Waals surface area contributed by atoms with Gasteiger partial charge in [-0.2, -0.15) is 0 Å². The lowest BCUT2D eigenvalue weighted by atomic mass is 10.4. The van der Waals surface area contributed by atoms with Crippen LogP contribution >= 0.6 is 0 Å². The number of hydrogen-bond acceptors (Lipinski definition) is 5. The molecule has 1 heterocycles. The predicted molar refractivity (Wildman–Crippen MR) is 76.7 cm³/mol. The van der Waals surface area contributed by atoms with Crippen molar-refractivity contribution < 1.29 is 14.2 Å². The Hall–Kier alpha value is -0.200. The highest BCUT2D eigenvalue weighted by atomic mass is 16.5. The smallest absolute Gasteiger partial charge is 0.0701 e. The molecule has 0 unspecified atom stereocenters. The summed E-state index contributed by atoms with van der Waals surface area (Å²) in [5, 5.41) is 3.34. The second kappa shape index (κ2) is 12.8. The van der Waals surface area contributed by atoms with E-state index < -0.39 is 0 Å². The Balaban J connectivity index is 1.71. The number of nitrogens with one attached hydrogen (secondary N) is 1. The fraction of sp³-hybridized carbons (Fsp3) is 1.00. The molecular formula is C14H30N2O3. The maximum Gasteiger partial charge on any atom is 0.0701 e. The van der Waals surface area contributed by atoms with Gasteiger partial charge in [0.25, 0.3) is 0 Å². The molecule has 0 atom stereocenters. The van der Waals surface area contributed by atoms with Crippen LogP contribution in [-0.4, -0.2) is 77.3 Å². The van der Waals surface area contributed by atoms with Gasteiger partial charge < -0.3 is 19.5 Å². The fourth-order valence-corrected chi connectivity index (χ4v) is 1.92. The standard InChI is InChI=1S/C14H30N2O3/c1-2-3-9-17-11-13-19-14-12-18-10-8-16-6-4-15-5-7-16/h15H,2-14H2,1H3. The minimum Gasteiger partial charge on any atom is -0.379 e. The van der Waals surface area contributed by atoms with E-state index in [0.29, 0.717) is 26.4 Å². The largest absolute Gasteiger partial charge is 0.379 e. The van der Waals surface area contributed by atoms with Crippen molar-refractivity contribution in [2.75, 3.05) is 72.4 Å². The molecule has 1 fully saturated rings. The van der Waals surface area contributed by atoms with E-state index in [1.165, 1.54) is 6.42 Å². The van der Waals surface area contributed by atoms with Gasteiger partial charge in [0.1, 0.15) is 0 Å². The normalized spacial score (nSPS) is 16.9. The van der Waals surface area contributed by atoms with Crippen LogP contribution in [0.25, 0.3) is 0 Å². The molecule has 0 aromatic heterocycles. The Labute approximate surface area is 117 Å². The van der Waals surface area contributed by atoms with Gasteiger partial charge in [-0.1, -0.05) is 13.3 Å². The van der Waals surface area contributed by atoms with E-state index in [9.17, 15) is 0 Å². The van der Waals surface area contributed by atoms with Gasteiger partial charge in [0.2, 0.25) is 0 Å². The lowest BCUT2D eigenvalue weighted by Gasteiger charge is -2.26. The molecule has 0 bridgehead atoms. The maximum atomic E-state index is 5.55. The van der Waals surface area contributed by atoms with E-state index >= 15 is 0 Å². The second-order valence-corrected chi connectivity index (χ2v) is 4.78. The lowest BCUT2D eigenvalue weighted by Crippen LogP contribution is -2.44. The van der Waals surface area contributed by atoms with Gasteiger partial charge in [-0.05, 0) is 6.42 Å². The number of ether oxygens (including phenoxy) is 3. The van der Waals surface area contributed by atoms with E-state index in [0.717, 1.165) is 52.4 Å². The molecule has 0 radical (unpaired) electrons. The number of hydrogen-bond donors (Lipinski definition) is 1. The van der Waals surface area contributed by atoms with E-state index in [2.05, 4.69) is 17.1 Å². The Morgan fingerprint density at radius 2 is 1.42 bits per heavy atom. The Bertz CT molecular complexity index is 188. The zero-order valence-corrected chi connectivity index (χ0v) is 12.4. The number of rotatable bonds is 12. The van der Waals surface area contributed by atoms with Crippen LogP contribution in [0.5, 0.6) is 0 Å². The van der Waals surface area contributed by atoms with Crippen molar-refractivity contribution in [1.82, 2.24) is 10.2 Å². The molecule has 1 aliphatic rings. The average Bonchev–Trinajstić information content (AvgIpc) is 2.46. The molecule has 19 heavy (non-hydrogen) atoms. The van der Waals surface area contributed by atoms with Crippen LogP contribution in [0.3, 0.4) is 0 Å². The Morgan fingerprint density at radius 1 is 0.842 bits per heavy atom.